The summed E-state index contributed by atoms with van der Waals surface area (Å²) < 4.78 is 14.6. The maximum absolute atomic E-state index is 13.0. The van der Waals surface area contributed by atoms with Crippen molar-refractivity contribution in [2.75, 3.05) is 6.26 Å². The molecular weight excluding hydrogens is 295 g/mol. The highest BCUT2D eigenvalue weighted by Crippen LogP contribution is 2.34. The lowest BCUT2D eigenvalue weighted by atomic mass is 10.2. The molecule has 0 saturated carbocycles. The van der Waals surface area contributed by atoms with Crippen molar-refractivity contribution in [3.63, 3.8) is 0 Å². The first-order chi connectivity index (χ1) is 9.60. The average Bonchev–Trinajstić information content (AvgIpc) is 2.81. The lowest BCUT2D eigenvalue weighted by Crippen LogP contribution is -2.23. The molecule has 2 aromatic rings. The lowest BCUT2D eigenvalue weighted by molar-refractivity contribution is 0.626. The van der Waals surface area contributed by atoms with E-state index in [4.69, 9.17) is 0 Å². The first-order valence-corrected chi connectivity index (χ1v) is 8.33. The van der Waals surface area contributed by atoms with Gasteiger partial charge in [0.15, 0.2) is 5.16 Å². The van der Waals surface area contributed by atoms with Crippen molar-refractivity contribution < 1.29 is 4.39 Å². The van der Waals surface area contributed by atoms with Gasteiger partial charge in [0.1, 0.15) is 5.82 Å². The van der Waals surface area contributed by atoms with Gasteiger partial charge < -0.3 is 0 Å². The van der Waals surface area contributed by atoms with Gasteiger partial charge in [-0.3, -0.25) is 9.36 Å². The van der Waals surface area contributed by atoms with Crippen LogP contribution in [0.2, 0.25) is 0 Å². The van der Waals surface area contributed by atoms with E-state index in [1.54, 1.807) is 28.5 Å². The summed E-state index contributed by atoms with van der Waals surface area (Å²) in [5.74, 6) is -0.315. The second kappa shape index (κ2) is 5.26. The fourth-order valence-electron chi connectivity index (χ4n) is 2.25. The van der Waals surface area contributed by atoms with Crippen LogP contribution in [0.1, 0.15) is 12.6 Å². The first kappa shape index (κ1) is 13.7. The van der Waals surface area contributed by atoms with E-state index in [0.717, 1.165) is 17.0 Å². The molecule has 6 heteroatoms. The van der Waals surface area contributed by atoms with Crippen molar-refractivity contribution in [3.8, 4) is 5.69 Å². The number of thioether (sulfide) groups is 2. The zero-order chi connectivity index (χ0) is 14.3. The molecule has 3 nitrogen and oxygen atoms in total. The summed E-state index contributed by atoms with van der Waals surface area (Å²) in [6.45, 7) is 2.09. The highest BCUT2D eigenvalue weighted by Gasteiger charge is 2.26. The number of nitrogens with zero attached hydrogens (tertiary/aromatic N) is 2. The number of hydrogen-bond acceptors (Lipinski definition) is 4. The van der Waals surface area contributed by atoms with E-state index in [0.29, 0.717) is 16.1 Å². The van der Waals surface area contributed by atoms with E-state index < -0.39 is 0 Å². The van der Waals surface area contributed by atoms with Gasteiger partial charge in [-0.25, -0.2) is 9.37 Å². The molecule has 20 heavy (non-hydrogen) atoms. The van der Waals surface area contributed by atoms with Gasteiger partial charge >= 0.3 is 0 Å². The number of rotatable bonds is 2. The molecule has 0 spiro atoms. The van der Waals surface area contributed by atoms with E-state index in [1.807, 2.05) is 6.26 Å². The molecule has 2 heterocycles. The average molecular weight is 308 g/mol. The van der Waals surface area contributed by atoms with Gasteiger partial charge in [-0.2, -0.15) is 0 Å². The minimum atomic E-state index is -0.315. The molecule has 1 aliphatic rings. The van der Waals surface area contributed by atoms with Crippen molar-refractivity contribution in [2.24, 2.45) is 0 Å². The Labute approximate surface area is 124 Å². The zero-order valence-electron chi connectivity index (χ0n) is 11.1. The smallest absolute Gasteiger partial charge is 0.268 e. The van der Waals surface area contributed by atoms with Crippen molar-refractivity contribution in [2.45, 2.75) is 28.6 Å². The highest BCUT2D eigenvalue weighted by atomic mass is 32.2. The molecule has 1 atom stereocenters. The summed E-state index contributed by atoms with van der Waals surface area (Å²) in [4.78, 5) is 18.0. The van der Waals surface area contributed by atoms with Crippen LogP contribution >= 0.6 is 23.5 Å². The van der Waals surface area contributed by atoms with Gasteiger partial charge in [-0.15, -0.1) is 11.8 Å². The summed E-state index contributed by atoms with van der Waals surface area (Å²) in [6.07, 6.45) is 2.72. The van der Waals surface area contributed by atoms with Crippen LogP contribution in [0.5, 0.6) is 0 Å². The van der Waals surface area contributed by atoms with Crippen LogP contribution in [-0.4, -0.2) is 21.1 Å². The normalized spacial score (nSPS) is 17.2. The van der Waals surface area contributed by atoms with Gasteiger partial charge in [0.25, 0.3) is 5.56 Å². The molecule has 0 radical (unpaired) electrons. The third-order valence-corrected chi connectivity index (χ3v) is 5.00. The standard InChI is InChI=1S/C14H13FN2OS2/c1-8-7-11-12(20-8)13(18)17(14(16-11)19-2)10-5-3-9(15)4-6-10/h3-6,8H,7H2,1-2H3/t8-/m1/s1. The molecule has 1 aliphatic heterocycles. The first-order valence-electron chi connectivity index (χ1n) is 6.22. The van der Waals surface area contributed by atoms with E-state index in [1.165, 1.54) is 23.9 Å². The largest absolute Gasteiger partial charge is 0.272 e. The quantitative estimate of drug-likeness (QED) is 0.631. The minimum Gasteiger partial charge on any atom is -0.268 e. The monoisotopic (exact) mass is 308 g/mol. The van der Waals surface area contributed by atoms with Gasteiger partial charge in [0, 0.05) is 11.7 Å². The molecule has 3 rings (SSSR count). The summed E-state index contributed by atoms with van der Waals surface area (Å²) in [6, 6.07) is 5.92. The van der Waals surface area contributed by atoms with Crippen molar-refractivity contribution in [1.29, 1.82) is 0 Å². The van der Waals surface area contributed by atoms with Gasteiger partial charge in [-0.05, 0) is 30.5 Å². The second-order valence-electron chi connectivity index (χ2n) is 4.62. The number of fused-ring (bicyclic) bond motifs is 1. The van der Waals surface area contributed by atoms with Crippen LogP contribution in [0, 0.1) is 5.82 Å². The van der Waals surface area contributed by atoms with Crippen LogP contribution in [-0.2, 0) is 6.42 Å². The molecule has 104 valence electrons. The van der Waals surface area contributed by atoms with E-state index in [-0.39, 0.29) is 11.4 Å². The lowest BCUT2D eigenvalue weighted by Gasteiger charge is -2.12. The summed E-state index contributed by atoms with van der Waals surface area (Å²) in [5, 5.41) is 1.03. The zero-order valence-corrected chi connectivity index (χ0v) is 12.7. The summed E-state index contributed by atoms with van der Waals surface area (Å²) >= 11 is 2.99. The third-order valence-electron chi connectivity index (χ3n) is 3.15. The topological polar surface area (TPSA) is 34.9 Å². The molecule has 0 fully saturated rings. The Kier molecular flexibility index (Phi) is 3.60. The van der Waals surface area contributed by atoms with E-state index in [9.17, 15) is 9.18 Å². The molecule has 0 saturated heterocycles. The molecule has 0 amide bonds. The Morgan fingerprint density at radius 2 is 2.10 bits per heavy atom. The van der Waals surface area contributed by atoms with Crippen LogP contribution in [0.3, 0.4) is 0 Å². The molecule has 1 aromatic heterocycles. The van der Waals surface area contributed by atoms with Gasteiger partial charge in [0.2, 0.25) is 0 Å². The van der Waals surface area contributed by atoms with Crippen molar-refractivity contribution in [3.05, 3.63) is 46.1 Å². The molecule has 0 bridgehead atoms. The predicted octanol–water partition coefficient (Wildman–Crippen LogP) is 3.13. The molecule has 0 N–H and O–H groups in total. The number of halogens is 1. The highest BCUT2D eigenvalue weighted by molar-refractivity contribution is 8.00. The van der Waals surface area contributed by atoms with Crippen LogP contribution in [0.15, 0.2) is 39.1 Å². The molecular formula is C14H13FN2OS2. The van der Waals surface area contributed by atoms with Crippen LogP contribution < -0.4 is 5.56 Å². The van der Waals surface area contributed by atoms with Crippen molar-refractivity contribution >= 4 is 23.5 Å². The number of hydrogen-bond donors (Lipinski definition) is 0. The Hall–Kier alpha value is -1.27. The SMILES string of the molecule is CSc1nc2c(c(=O)n1-c1ccc(F)cc1)S[C@H](C)C2. The fraction of sp³-hybridized carbons (Fsp3) is 0.286. The maximum Gasteiger partial charge on any atom is 0.272 e. The van der Waals surface area contributed by atoms with Crippen LogP contribution in [0.25, 0.3) is 5.69 Å². The Bertz CT molecular complexity index is 712. The van der Waals surface area contributed by atoms with E-state index >= 15 is 0 Å². The molecule has 1 aromatic carbocycles. The predicted molar refractivity (Wildman–Crippen MR) is 80.6 cm³/mol. The second-order valence-corrected chi connectivity index (χ2v) is 6.85. The van der Waals surface area contributed by atoms with E-state index in [2.05, 4.69) is 11.9 Å². The summed E-state index contributed by atoms with van der Waals surface area (Å²) in [5.41, 5.74) is 1.48. The number of benzene rings is 1. The Morgan fingerprint density at radius 1 is 1.40 bits per heavy atom. The Morgan fingerprint density at radius 3 is 2.75 bits per heavy atom. The minimum absolute atomic E-state index is 0.0553. The number of aromatic nitrogens is 2. The van der Waals surface area contributed by atoms with Gasteiger partial charge in [-0.1, -0.05) is 18.7 Å². The van der Waals surface area contributed by atoms with Gasteiger partial charge in [0.05, 0.1) is 16.3 Å². The third kappa shape index (κ3) is 2.27. The maximum atomic E-state index is 13.0. The molecule has 0 unspecified atom stereocenters. The fourth-order valence-corrected chi connectivity index (χ4v) is 3.93. The summed E-state index contributed by atoms with van der Waals surface area (Å²) in [7, 11) is 0. The van der Waals surface area contributed by atoms with Crippen molar-refractivity contribution in [1.82, 2.24) is 9.55 Å². The Balaban J connectivity index is 2.23. The molecule has 0 aliphatic carbocycles. The van der Waals surface area contributed by atoms with Crippen LogP contribution in [0.4, 0.5) is 4.39 Å².